The van der Waals surface area contributed by atoms with Gasteiger partial charge in [-0.25, -0.2) is 0 Å². The van der Waals surface area contributed by atoms with Gasteiger partial charge in [0.1, 0.15) is 0 Å². The van der Waals surface area contributed by atoms with Gasteiger partial charge in [0, 0.05) is 34.5 Å². The number of hydrogen-bond donors (Lipinski definition) is 1. The van der Waals surface area contributed by atoms with E-state index in [2.05, 4.69) is 5.32 Å². The Kier molecular flexibility index (Phi) is 6.49. The largest absolute Gasteiger partial charge is 0.326 e. The van der Waals surface area contributed by atoms with Crippen molar-refractivity contribution in [2.45, 2.75) is 13.3 Å². The molecule has 14 heavy (non-hydrogen) atoms. The molecule has 0 atom stereocenters. The fourth-order valence-corrected chi connectivity index (χ4v) is 1.12. The van der Waals surface area contributed by atoms with Crippen LogP contribution in [0.2, 0.25) is 10.0 Å². The van der Waals surface area contributed by atoms with Gasteiger partial charge in [-0.15, -0.1) is 0 Å². The van der Waals surface area contributed by atoms with Gasteiger partial charge < -0.3 is 5.32 Å². The van der Waals surface area contributed by atoms with E-state index >= 15 is 0 Å². The number of anilines is 1. The van der Waals surface area contributed by atoms with Crippen LogP contribution in [0.5, 0.6) is 0 Å². The van der Waals surface area contributed by atoms with Crippen molar-refractivity contribution in [3.05, 3.63) is 28.2 Å². The van der Waals surface area contributed by atoms with Crippen molar-refractivity contribution in [2.24, 2.45) is 0 Å². The van der Waals surface area contributed by atoms with Crippen molar-refractivity contribution in [1.29, 1.82) is 0 Å². The molecule has 0 aromatic heterocycles. The molecule has 1 amide bonds. The fraction of sp³-hybridized carbons (Fsp3) is 0.222. The molecule has 1 N–H and O–H groups in total. The van der Waals surface area contributed by atoms with Crippen LogP contribution in [0, 0.1) is 0 Å². The normalized spacial score (nSPS) is 9.07. The second-order valence-corrected chi connectivity index (χ2v) is 3.35. The predicted octanol–water partition coefficient (Wildman–Crippen LogP) is 3.34. The van der Waals surface area contributed by atoms with Crippen LogP contribution in [-0.4, -0.2) is 5.91 Å². The topological polar surface area (TPSA) is 29.1 Å². The first-order valence-electron chi connectivity index (χ1n) is 3.88. The van der Waals surface area contributed by atoms with Crippen LogP contribution in [0.15, 0.2) is 18.2 Å². The first-order valence-corrected chi connectivity index (χ1v) is 4.64. The quantitative estimate of drug-likeness (QED) is 0.830. The third-order valence-corrected chi connectivity index (χ3v) is 2.26. The summed E-state index contributed by atoms with van der Waals surface area (Å²) in [5, 5.41) is 3.60. The summed E-state index contributed by atoms with van der Waals surface area (Å²) in [5.41, 5.74) is 0.668. The second-order valence-electron chi connectivity index (χ2n) is 2.53. The van der Waals surface area contributed by atoms with Crippen LogP contribution >= 0.6 is 23.2 Å². The number of carbonyl (C=O) groups is 1. The Labute approximate surface area is 108 Å². The molecule has 0 unspecified atom stereocenters. The maximum atomic E-state index is 11.0. The molecule has 81 valence electrons. The summed E-state index contributed by atoms with van der Waals surface area (Å²) in [7, 11) is 0. The Morgan fingerprint density at radius 2 is 2.00 bits per heavy atom. The standard InChI is InChI=1S/C9H9Cl2NO.Ag/c1-2-9(13)12-6-3-4-7(10)8(11)5-6;/h3-5H,2H2,1H3,(H,12,13);. The van der Waals surface area contributed by atoms with Gasteiger partial charge >= 0.3 is 0 Å². The minimum Gasteiger partial charge on any atom is -0.326 e. The van der Waals surface area contributed by atoms with Gasteiger partial charge in [-0.3, -0.25) is 4.79 Å². The van der Waals surface area contributed by atoms with Crippen LogP contribution in [0.3, 0.4) is 0 Å². The molecule has 0 spiro atoms. The summed E-state index contributed by atoms with van der Waals surface area (Å²) >= 11 is 11.5. The Hall–Kier alpha value is 0.0103. The maximum absolute atomic E-state index is 11.0. The first-order chi connectivity index (χ1) is 6.13. The van der Waals surface area contributed by atoms with Crippen molar-refractivity contribution >= 4 is 34.8 Å². The van der Waals surface area contributed by atoms with Gasteiger partial charge in [-0.2, -0.15) is 0 Å². The molecular weight excluding hydrogens is 317 g/mol. The molecule has 0 heterocycles. The SMILES string of the molecule is CCC(=O)Nc1ccc(Cl)c(Cl)c1.[Ag]. The molecular formula is C9H9AgCl2NO. The van der Waals surface area contributed by atoms with Crippen LogP contribution in [0.25, 0.3) is 0 Å². The number of halogens is 2. The summed E-state index contributed by atoms with van der Waals surface area (Å²) in [6, 6.07) is 4.98. The summed E-state index contributed by atoms with van der Waals surface area (Å²) in [6.45, 7) is 1.78. The third kappa shape index (κ3) is 4.03. The van der Waals surface area contributed by atoms with Gasteiger partial charge in [0.25, 0.3) is 0 Å². The van der Waals surface area contributed by atoms with E-state index in [0.29, 0.717) is 22.2 Å². The number of benzene rings is 1. The van der Waals surface area contributed by atoms with Crippen molar-refractivity contribution < 1.29 is 27.2 Å². The Morgan fingerprint density at radius 1 is 1.36 bits per heavy atom. The molecule has 1 rings (SSSR count). The summed E-state index contributed by atoms with van der Waals surface area (Å²) in [5.74, 6) is -0.0432. The number of rotatable bonds is 2. The second kappa shape index (κ2) is 6.49. The van der Waals surface area contributed by atoms with E-state index in [1.54, 1.807) is 25.1 Å². The van der Waals surface area contributed by atoms with E-state index in [1.165, 1.54) is 0 Å². The van der Waals surface area contributed by atoms with E-state index in [1.807, 2.05) is 0 Å². The summed E-state index contributed by atoms with van der Waals surface area (Å²) in [6.07, 6.45) is 0.445. The summed E-state index contributed by atoms with van der Waals surface area (Å²) in [4.78, 5) is 11.0. The minimum atomic E-state index is -0.0432. The minimum absolute atomic E-state index is 0. The Morgan fingerprint density at radius 3 is 2.50 bits per heavy atom. The molecule has 1 radical (unpaired) electrons. The van der Waals surface area contributed by atoms with E-state index in [4.69, 9.17) is 23.2 Å². The fourth-order valence-electron chi connectivity index (χ4n) is 0.823. The zero-order valence-electron chi connectivity index (χ0n) is 7.40. The van der Waals surface area contributed by atoms with Crippen molar-refractivity contribution in [3.63, 3.8) is 0 Å². The van der Waals surface area contributed by atoms with E-state index in [0.717, 1.165) is 0 Å². The number of hydrogen-bond acceptors (Lipinski definition) is 1. The summed E-state index contributed by atoms with van der Waals surface area (Å²) < 4.78 is 0. The van der Waals surface area contributed by atoms with E-state index in [-0.39, 0.29) is 28.3 Å². The van der Waals surface area contributed by atoms with Crippen molar-refractivity contribution in [2.75, 3.05) is 5.32 Å². The predicted molar refractivity (Wildman–Crippen MR) is 55.4 cm³/mol. The van der Waals surface area contributed by atoms with Gasteiger partial charge in [-0.1, -0.05) is 30.1 Å². The third-order valence-electron chi connectivity index (χ3n) is 1.52. The molecule has 0 aliphatic carbocycles. The smallest absolute Gasteiger partial charge is 0.224 e. The molecule has 1 aromatic carbocycles. The zero-order chi connectivity index (χ0) is 9.84. The zero-order valence-corrected chi connectivity index (χ0v) is 10.4. The van der Waals surface area contributed by atoms with Crippen LogP contribution in [0.4, 0.5) is 5.69 Å². The average molecular weight is 326 g/mol. The molecule has 0 bridgehead atoms. The Balaban J connectivity index is 0.00000169. The monoisotopic (exact) mass is 324 g/mol. The molecule has 0 saturated carbocycles. The Bertz CT molecular complexity index is 331. The van der Waals surface area contributed by atoms with Crippen LogP contribution < -0.4 is 5.32 Å². The molecule has 0 fully saturated rings. The van der Waals surface area contributed by atoms with Crippen LogP contribution in [-0.2, 0) is 27.2 Å². The van der Waals surface area contributed by atoms with Gasteiger partial charge in [0.15, 0.2) is 0 Å². The molecule has 2 nitrogen and oxygen atoms in total. The molecule has 5 heteroatoms. The molecule has 0 saturated heterocycles. The van der Waals surface area contributed by atoms with Crippen molar-refractivity contribution in [3.8, 4) is 0 Å². The van der Waals surface area contributed by atoms with Gasteiger partial charge in [0.05, 0.1) is 10.0 Å². The number of carbonyl (C=O) groups excluding carboxylic acids is 1. The maximum Gasteiger partial charge on any atom is 0.224 e. The average Bonchev–Trinajstić information content (AvgIpc) is 2.11. The van der Waals surface area contributed by atoms with Crippen molar-refractivity contribution in [1.82, 2.24) is 0 Å². The molecule has 0 aliphatic heterocycles. The molecule has 1 aromatic rings. The first kappa shape index (κ1) is 14.0. The van der Waals surface area contributed by atoms with Gasteiger partial charge in [0.2, 0.25) is 5.91 Å². The number of nitrogens with one attached hydrogen (secondary N) is 1. The van der Waals surface area contributed by atoms with E-state index in [9.17, 15) is 4.79 Å². The van der Waals surface area contributed by atoms with Gasteiger partial charge in [-0.05, 0) is 18.2 Å². The molecule has 0 aliphatic rings. The van der Waals surface area contributed by atoms with Crippen LogP contribution in [0.1, 0.15) is 13.3 Å². The van der Waals surface area contributed by atoms with E-state index < -0.39 is 0 Å². The number of amides is 1.